The molecule has 1 atom stereocenters. The first-order valence-corrected chi connectivity index (χ1v) is 13.5. The molecule has 1 N–H and O–H groups in total. The van der Waals surface area contributed by atoms with Crippen molar-refractivity contribution < 1.29 is 13.2 Å². The zero-order chi connectivity index (χ0) is 25.0. The molecule has 1 fully saturated rings. The third-order valence-electron chi connectivity index (χ3n) is 6.51. The van der Waals surface area contributed by atoms with E-state index in [1.807, 2.05) is 30.3 Å². The van der Waals surface area contributed by atoms with Gasteiger partial charge in [0.05, 0.1) is 4.90 Å². The fraction of sp³-hybridized carbons (Fsp3) is 0.296. The Labute approximate surface area is 212 Å². The van der Waals surface area contributed by atoms with E-state index in [-0.39, 0.29) is 17.2 Å². The Morgan fingerprint density at radius 3 is 2.23 bits per heavy atom. The summed E-state index contributed by atoms with van der Waals surface area (Å²) in [6, 6.07) is 20.7. The number of amides is 1. The molecule has 0 radical (unpaired) electrons. The molecule has 0 spiro atoms. The molecule has 0 aliphatic carbocycles. The molecule has 184 valence electrons. The van der Waals surface area contributed by atoms with Crippen LogP contribution in [0.1, 0.15) is 16.7 Å². The molecule has 1 heterocycles. The van der Waals surface area contributed by atoms with Crippen LogP contribution in [0, 0.1) is 13.8 Å². The average Bonchev–Trinajstić information content (AvgIpc) is 2.86. The molecule has 1 aliphatic heterocycles. The number of halogens is 1. The van der Waals surface area contributed by atoms with Crippen LogP contribution in [-0.4, -0.2) is 51.4 Å². The summed E-state index contributed by atoms with van der Waals surface area (Å²) < 4.78 is 28.9. The van der Waals surface area contributed by atoms with E-state index in [0.717, 1.165) is 5.56 Å². The van der Waals surface area contributed by atoms with Crippen molar-refractivity contribution in [2.45, 2.75) is 31.2 Å². The van der Waals surface area contributed by atoms with Gasteiger partial charge in [-0.05, 0) is 67.3 Å². The van der Waals surface area contributed by atoms with E-state index < -0.39 is 16.1 Å². The summed E-state index contributed by atoms with van der Waals surface area (Å²) in [5.74, 6) is -0.216. The van der Waals surface area contributed by atoms with Crippen LogP contribution in [0.3, 0.4) is 0 Å². The average molecular weight is 512 g/mol. The van der Waals surface area contributed by atoms with Crippen LogP contribution in [0.2, 0.25) is 5.02 Å². The Balaban J connectivity index is 1.51. The number of hydrogen-bond donors (Lipinski definition) is 1. The summed E-state index contributed by atoms with van der Waals surface area (Å²) in [7, 11) is -3.91. The molecule has 35 heavy (non-hydrogen) atoms. The van der Waals surface area contributed by atoms with Crippen LogP contribution in [0.15, 0.2) is 77.7 Å². The van der Waals surface area contributed by atoms with Gasteiger partial charge in [0.1, 0.15) is 6.04 Å². The topological polar surface area (TPSA) is 69.7 Å². The van der Waals surface area contributed by atoms with Crippen LogP contribution in [-0.2, 0) is 21.2 Å². The van der Waals surface area contributed by atoms with Crippen molar-refractivity contribution in [3.8, 4) is 0 Å². The number of anilines is 1. The number of sulfonamides is 1. The predicted molar refractivity (Wildman–Crippen MR) is 140 cm³/mol. The SMILES string of the molecule is Cc1cccc(N2CCN(C(=O)[C@H](Cc3ccccc3)NS(=O)(=O)c3ccc(Cl)cc3)CC2)c1C. The molecule has 4 rings (SSSR count). The number of rotatable bonds is 7. The Morgan fingerprint density at radius 2 is 1.57 bits per heavy atom. The van der Waals surface area contributed by atoms with Crippen LogP contribution in [0.4, 0.5) is 5.69 Å². The molecular formula is C27H30ClN3O3S. The molecule has 0 bridgehead atoms. The maximum atomic E-state index is 13.6. The number of carbonyl (C=O) groups is 1. The van der Waals surface area contributed by atoms with Crippen molar-refractivity contribution in [3.63, 3.8) is 0 Å². The lowest BCUT2D eigenvalue weighted by Gasteiger charge is -2.38. The highest BCUT2D eigenvalue weighted by Gasteiger charge is 2.31. The van der Waals surface area contributed by atoms with Crippen molar-refractivity contribution in [2.24, 2.45) is 0 Å². The number of nitrogens with one attached hydrogen (secondary N) is 1. The number of hydrogen-bond acceptors (Lipinski definition) is 4. The predicted octanol–water partition coefficient (Wildman–Crippen LogP) is 4.20. The summed E-state index contributed by atoms with van der Waals surface area (Å²) in [5.41, 5.74) is 4.55. The van der Waals surface area contributed by atoms with Crippen molar-refractivity contribution >= 4 is 33.2 Å². The van der Waals surface area contributed by atoms with E-state index >= 15 is 0 Å². The Bertz CT molecular complexity index is 1270. The first-order valence-electron chi connectivity index (χ1n) is 11.7. The van der Waals surface area contributed by atoms with Gasteiger partial charge < -0.3 is 9.80 Å². The number of benzene rings is 3. The summed E-state index contributed by atoms with van der Waals surface area (Å²) in [6.07, 6.45) is 0.268. The molecule has 0 unspecified atom stereocenters. The Morgan fingerprint density at radius 1 is 0.914 bits per heavy atom. The molecule has 0 saturated carbocycles. The van der Waals surface area contributed by atoms with E-state index in [2.05, 4.69) is 41.7 Å². The van der Waals surface area contributed by atoms with Gasteiger partial charge in [-0.25, -0.2) is 8.42 Å². The maximum Gasteiger partial charge on any atom is 0.241 e. The number of piperazine rings is 1. The van der Waals surface area contributed by atoms with E-state index in [1.165, 1.54) is 41.1 Å². The smallest absolute Gasteiger partial charge is 0.241 e. The quantitative estimate of drug-likeness (QED) is 0.516. The highest BCUT2D eigenvalue weighted by Crippen LogP contribution is 2.24. The minimum absolute atomic E-state index is 0.0764. The van der Waals surface area contributed by atoms with Gasteiger partial charge in [-0.3, -0.25) is 4.79 Å². The second kappa shape index (κ2) is 10.8. The largest absolute Gasteiger partial charge is 0.368 e. The zero-order valence-electron chi connectivity index (χ0n) is 19.9. The lowest BCUT2D eigenvalue weighted by atomic mass is 10.0. The van der Waals surface area contributed by atoms with Crippen molar-refractivity contribution in [3.05, 3.63) is 94.5 Å². The van der Waals surface area contributed by atoms with Gasteiger partial charge >= 0.3 is 0 Å². The first kappa shape index (κ1) is 25.2. The maximum absolute atomic E-state index is 13.6. The highest BCUT2D eigenvalue weighted by molar-refractivity contribution is 7.89. The molecule has 1 saturated heterocycles. The van der Waals surface area contributed by atoms with Gasteiger partial charge in [-0.15, -0.1) is 0 Å². The van der Waals surface area contributed by atoms with E-state index in [1.54, 1.807) is 4.90 Å². The second-order valence-electron chi connectivity index (χ2n) is 8.85. The zero-order valence-corrected chi connectivity index (χ0v) is 21.5. The fourth-order valence-corrected chi connectivity index (χ4v) is 5.68. The minimum atomic E-state index is -3.91. The van der Waals surface area contributed by atoms with Crippen molar-refractivity contribution in [1.82, 2.24) is 9.62 Å². The molecular weight excluding hydrogens is 482 g/mol. The third kappa shape index (κ3) is 6.04. The van der Waals surface area contributed by atoms with Crippen LogP contribution in [0.25, 0.3) is 0 Å². The Kier molecular flexibility index (Phi) is 7.79. The lowest BCUT2D eigenvalue weighted by Crippen LogP contribution is -2.55. The number of aryl methyl sites for hydroxylation is 1. The van der Waals surface area contributed by atoms with E-state index in [9.17, 15) is 13.2 Å². The fourth-order valence-electron chi connectivity index (χ4n) is 4.36. The van der Waals surface area contributed by atoms with Gasteiger partial charge in [0.25, 0.3) is 0 Å². The van der Waals surface area contributed by atoms with Gasteiger partial charge in [-0.2, -0.15) is 4.72 Å². The Hall–Kier alpha value is -2.87. The van der Waals surface area contributed by atoms with Crippen molar-refractivity contribution in [2.75, 3.05) is 31.1 Å². The van der Waals surface area contributed by atoms with Gasteiger partial charge in [0, 0.05) is 36.9 Å². The molecule has 1 amide bonds. The van der Waals surface area contributed by atoms with Gasteiger partial charge in [0.2, 0.25) is 15.9 Å². The summed E-state index contributed by atoms with van der Waals surface area (Å²) >= 11 is 5.92. The molecule has 8 heteroatoms. The van der Waals surface area contributed by atoms with E-state index in [4.69, 9.17) is 11.6 Å². The molecule has 6 nitrogen and oxygen atoms in total. The van der Waals surface area contributed by atoms with Crippen LogP contribution >= 0.6 is 11.6 Å². The first-order chi connectivity index (χ1) is 16.7. The van der Waals surface area contributed by atoms with Crippen molar-refractivity contribution in [1.29, 1.82) is 0 Å². The third-order valence-corrected chi connectivity index (χ3v) is 8.25. The number of nitrogens with zero attached hydrogens (tertiary/aromatic N) is 2. The van der Waals surface area contributed by atoms with Crippen LogP contribution < -0.4 is 9.62 Å². The molecule has 3 aromatic carbocycles. The monoisotopic (exact) mass is 511 g/mol. The summed E-state index contributed by atoms with van der Waals surface area (Å²) in [5, 5.41) is 0.447. The summed E-state index contributed by atoms with van der Waals surface area (Å²) in [6.45, 7) is 6.65. The minimum Gasteiger partial charge on any atom is -0.368 e. The van der Waals surface area contributed by atoms with Crippen LogP contribution in [0.5, 0.6) is 0 Å². The molecule has 1 aliphatic rings. The molecule has 0 aromatic heterocycles. The van der Waals surface area contributed by atoms with E-state index in [0.29, 0.717) is 31.2 Å². The number of carbonyl (C=O) groups excluding carboxylic acids is 1. The summed E-state index contributed by atoms with van der Waals surface area (Å²) in [4.78, 5) is 17.7. The molecule has 3 aromatic rings. The lowest BCUT2D eigenvalue weighted by molar-refractivity contribution is -0.133. The second-order valence-corrected chi connectivity index (χ2v) is 11.0. The van der Waals surface area contributed by atoms with Gasteiger partial charge in [-0.1, -0.05) is 54.1 Å². The van der Waals surface area contributed by atoms with Gasteiger partial charge in [0.15, 0.2) is 0 Å². The normalized spacial score (nSPS) is 15.2. The standard InChI is InChI=1S/C27H30ClN3O3S/c1-20-7-6-10-26(21(20)2)30-15-17-31(18-16-30)27(32)25(19-22-8-4-3-5-9-22)29-35(33,34)24-13-11-23(28)12-14-24/h3-14,25,29H,15-19H2,1-2H3/t25-/m0/s1. The highest BCUT2D eigenvalue weighted by atomic mass is 35.5.